The van der Waals surface area contributed by atoms with Crippen molar-refractivity contribution in [3.05, 3.63) is 23.8 Å². The van der Waals surface area contributed by atoms with E-state index in [1.807, 2.05) is 0 Å². The van der Waals surface area contributed by atoms with Crippen LogP contribution < -0.4 is 20.9 Å². The number of amides is 2. The molecule has 0 saturated heterocycles. The SMILES string of the molecule is CN1C(=O)COc2ccc(C(C)(C)C(=O)NN)cc21. The predicted molar refractivity (Wildman–Crippen MR) is 70.7 cm³/mol. The maximum absolute atomic E-state index is 11.8. The number of hydrogen-bond acceptors (Lipinski definition) is 4. The van der Waals surface area contributed by atoms with Gasteiger partial charge in [0.25, 0.3) is 5.91 Å². The zero-order valence-electron chi connectivity index (χ0n) is 11.2. The molecule has 3 N–H and O–H groups in total. The Morgan fingerprint density at radius 1 is 1.47 bits per heavy atom. The zero-order chi connectivity index (χ0) is 14.2. The molecule has 0 fully saturated rings. The number of hydrazine groups is 1. The number of benzene rings is 1. The molecule has 19 heavy (non-hydrogen) atoms. The molecule has 1 heterocycles. The zero-order valence-corrected chi connectivity index (χ0v) is 11.2. The van der Waals surface area contributed by atoms with Crippen molar-refractivity contribution < 1.29 is 14.3 Å². The fourth-order valence-corrected chi connectivity index (χ4v) is 1.97. The summed E-state index contributed by atoms with van der Waals surface area (Å²) in [7, 11) is 1.68. The second-order valence-electron chi connectivity index (χ2n) is 5.02. The van der Waals surface area contributed by atoms with E-state index >= 15 is 0 Å². The number of carbonyl (C=O) groups excluding carboxylic acids is 2. The fourth-order valence-electron chi connectivity index (χ4n) is 1.97. The highest BCUT2D eigenvalue weighted by molar-refractivity contribution is 5.97. The molecule has 0 aliphatic carbocycles. The average molecular weight is 263 g/mol. The number of likely N-dealkylation sites (N-methyl/N-ethyl adjacent to an activating group) is 1. The Hall–Kier alpha value is -2.08. The Kier molecular flexibility index (Phi) is 3.20. The lowest BCUT2D eigenvalue weighted by atomic mass is 9.83. The third kappa shape index (κ3) is 2.15. The minimum Gasteiger partial charge on any atom is -0.482 e. The maximum atomic E-state index is 11.8. The fraction of sp³-hybridized carbons (Fsp3) is 0.385. The number of carbonyl (C=O) groups is 2. The van der Waals surface area contributed by atoms with Crippen LogP contribution in [0, 0.1) is 0 Å². The molecule has 0 atom stereocenters. The summed E-state index contributed by atoms with van der Waals surface area (Å²) in [5, 5.41) is 0. The molecule has 1 aromatic carbocycles. The van der Waals surface area contributed by atoms with E-state index in [0.717, 1.165) is 5.56 Å². The first-order valence-electron chi connectivity index (χ1n) is 5.93. The highest BCUT2D eigenvalue weighted by Gasteiger charge is 2.31. The first-order chi connectivity index (χ1) is 8.87. The van der Waals surface area contributed by atoms with E-state index in [2.05, 4.69) is 5.43 Å². The summed E-state index contributed by atoms with van der Waals surface area (Å²) in [5.74, 6) is 5.41. The van der Waals surface area contributed by atoms with Crippen LogP contribution in [-0.4, -0.2) is 25.5 Å². The van der Waals surface area contributed by atoms with Gasteiger partial charge in [-0.2, -0.15) is 0 Å². The van der Waals surface area contributed by atoms with E-state index in [-0.39, 0.29) is 18.4 Å². The summed E-state index contributed by atoms with van der Waals surface area (Å²) < 4.78 is 5.34. The van der Waals surface area contributed by atoms with Gasteiger partial charge in [0.1, 0.15) is 5.75 Å². The maximum Gasteiger partial charge on any atom is 0.264 e. The molecule has 102 valence electrons. The molecule has 6 nitrogen and oxygen atoms in total. The largest absolute Gasteiger partial charge is 0.482 e. The van der Waals surface area contributed by atoms with Crippen molar-refractivity contribution in [1.82, 2.24) is 5.43 Å². The van der Waals surface area contributed by atoms with Gasteiger partial charge in [-0.1, -0.05) is 6.07 Å². The minimum absolute atomic E-state index is 0.0372. The number of hydrogen-bond donors (Lipinski definition) is 2. The van der Waals surface area contributed by atoms with Crippen LogP contribution in [0.4, 0.5) is 5.69 Å². The Balaban J connectivity index is 2.46. The van der Waals surface area contributed by atoms with E-state index in [1.54, 1.807) is 39.1 Å². The smallest absolute Gasteiger partial charge is 0.264 e. The van der Waals surface area contributed by atoms with E-state index in [9.17, 15) is 9.59 Å². The summed E-state index contributed by atoms with van der Waals surface area (Å²) >= 11 is 0. The van der Waals surface area contributed by atoms with Crippen LogP contribution in [0.5, 0.6) is 5.75 Å². The van der Waals surface area contributed by atoms with Crippen LogP contribution in [0.2, 0.25) is 0 Å². The van der Waals surface area contributed by atoms with Crippen LogP contribution in [0.3, 0.4) is 0 Å². The molecule has 2 amide bonds. The van der Waals surface area contributed by atoms with Crippen molar-refractivity contribution in [2.75, 3.05) is 18.6 Å². The van der Waals surface area contributed by atoms with Crippen molar-refractivity contribution in [2.24, 2.45) is 5.84 Å². The van der Waals surface area contributed by atoms with Gasteiger partial charge in [0.2, 0.25) is 5.91 Å². The lowest BCUT2D eigenvalue weighted by molar-refractivity contribution is -0.125. The van der Waals surface area contributed by atoms with E-state index in [4.69, 9.17) is 10.6 Å². The van der Waals surface area contributed by atoms with Gasteiger partial charge in [-0.05, 0) is 31.5 Å². The molecule has 1 aliphatic rings. The third-order valence-corrected chi connectivity index (χ3v) is 3.47. The monoisotopic (exact) mass is 263 g/mol. The Morgan fingerprint density at radius 2 is 2.16 bits per heavy atom. The van der Waals surface area contributed by atoms with Crippen LogP contribution in [0.1, 0.15) is 19.4 Å². The predicted octanol–water partition coefficient (Wildman–Crippen LogP) is 0.309. The average Bonchev–Trinajstić information content (AvgIpc) is 2.41. The van der Waals surface area contributed by atoms with E-state index < -0.39 is 5.41 Å². The number of fused-ring (bicyclic) bond motifs is 1. The van der Waals surface area contributed by atoms with Crippen molar-refractivity contribution >= 4 is 17.5 Å². The second-order valence-corrected chi connectivity index (χ2v) is 5.02. The molecule has 1 aromatic rings. The van der Waals surface area contributed by atoms with Gasteiger partial charge >= 0.3 is 0 Å². The van der Waals surface area contributed by atoms with Crippen molar-refractivity contribution in [3.63, 3.8) is 0 Å². The van der Waals surface area contributed by atoms with Gasteiger partial charge < -0.3 is 9.64 Å². The van der Waals surface area contributed by atoms with Gasteiger partial charge in [0.05, 0.1) is 11.1 Å². The van der Waals surface area contributed by atoms with Crippen LogP contribution >= 0.6 is 0 Å². The molecule has 0 bridgehead atoms. The van der Waals surface area contributed by atoms with Crippen molar-refractivity contribution in [2.45, 2.75) is 19.3 Å². The molecule has 0 spiro atoms. The summed E-state index contributed by atoms with van der Waals surface area (Å²) in [5.41, 5.74) is 2.79. The second kappa shape index (κ2) is 4.55. The number of rotatable bonds is 2. The molecule has 0 saturated carbocycles. The molecular formula is C13H17N3O3. The molecule has 0 aromatic heterocycles. The summed E-state index contributed by atoms with van der Waals surface area (Å²) in [6, 6.07) is 5.35. The van der Waals surface area contributed by atoms with E-state index in [1.165, 1.54) is 4.90 Å². The molecule has 1 aliphatic heterocycles. The lowest BCUT2D eigenvalue weighted by Crippen LogP contribution is -2.44. The Morgan fingerprint density at radius 3 is 2.79 bits per heavy atom. The summed E-state index contributed by atoms with van der Waals surface area (Å²) in [4.78, 5) is 24.9. The number of nitrogens with one attached hydrogen (secondary N) is 1. The van der Waals surface area contributed by atoms with Crippen LogP contribution in [0.15, 0.2) is 18.2 Å². The molecular weight excluding hydrogens is 246 g/mol. The van der Waals surface area contributed by atoms with Crippen molar-refractivity contribution in [1.29, 1.82) is 0 Å². The number of nitrogens with two attached hydrogens (primary N) is 1. The quantitative estimate of drug-likeness (QED) is 0.457. The lowest BCUT2D eigenvalue weighted by Gasteiger charge is -2.29. The number of ether oxygens (including phenoxy) is 1. The Labute approximate surface area is 111 Å². The summed E-state index contributed by atoms with van der Waals surface area (Å²) in [6.45, 7) is 3.57. The van der Waals surface area contributed by atoms with Gasteiger partial charge in [-0.15, -0.1) is 0 Å². The molecule has 0 unspecified atom stereocenters. The van der Waals surface area contributed by atoms with Gasteiger partial charge in [-0.25, -0.2) is 5.84 Å². The highest BCUT2D eigenvalue weighted by atomic mass is 16.5. The van der Waals surface area contributed by atoms with Gasteiger partial charge in [0.15, 0.2) is 6.61 Å². The first-order valence-corrected chi connectivity index (χ1v) is 5.93. The van der Waals surface area contributed by atoms with Crippen molar-refractivity contribution in [3.8, 4) is 5.75 Å². The topological polar surface area (TPSA) is 84.7 Å². The number of nitrogens with zero attached hydrogens (tertiary/aromatic N) is 1. The first kappa shape index (κ1) is 13.4. The third-order valence-electron chi connectivity index (χ3n) is 3.47. The van der Waals surface area contributed by atoms with Gasteiger partial charge in [0, 0.05) is 7.05 Å². The molecule has 0 radical (unpaired) electrons. The highest BCUT2D eigenvalue weighted by Crippen LogP contribution is 2.35. The standard InChI is InChI=1S/C13H17N3O3/c1-13(2,12(18)15-14)8-4-5-10-9(6-8)16(3)11(17)7-19-10/h4-6H,7,14H2,1-3H3,(H,15,18). The molecule has 6 heteroatoms. The summed E-state index contributed by atoms with van der Waals surface area (Å²) in [6.07, 6.45) is 0. The Bertz CT molecular complexity index is 540. The van der Waals surface area contributed by atoms with Gasteiger partial charge in [-0.3, -0.25) is 15.0 Å². The van der Waals surface area contributed by atoms with Crippen LogP contribution in [-0.2, 0) is 15.0 Å². The number of anilines is 1. The normalized spacial score (nSPS) is 14.7. The van der Waals surface area contributed by atoms with E-state index in [0.29, 0.717) is 11.4 Å². The minimum atomic E-state index is -0.787. The van der Waals surface area contributed by atoms with Crippen LogP contribution in [0.25, 0.3) is 0 Å². The molecule has 2 rings (SSSR count).